The summed E-state index contributed by atoms with van der Waals surface area (Å²) in [4.78, 5) is 1.58. The Morgan fingerprint density at radius 3 is 2.26 bits per heavy atom. The zero-order chi connectivity index (χ0) is 14.3. The quantitative estimate of drug-likeness (QED) is 0.772. The van der Waals surface area contributed by atoms with E-state index in [2.05, 4.69) is 19.2 Å². The first-order valence-electron chi connectivity index (χ1n) is 6.91. The van der Waals surface area contributed by atoms with Crippen molar-refractivity contribution in [1.29, 1.82) is 0 Å². The van der Waals surface area contributed by atoms with Gasteiger partial charge in [-0.15, -0.1) is 0 Å². The lowest BCUT2D eigenvalue weighted by Crippen LogP contribution is -2.24. The van der Waals surface area contributed by atoms with E-state index in [1.165, 1.54) is 5.56 Å². The van der Waals surface area contributed by atoms with Crippen molar-refractivity contribution in [2.75, 3.05) is 25.0 Å². The Morgan fingerprint density at radius 2 is 1.79 bits per heavy atom. The molecule has 0 radical (unpaired) electrons. The third kappa shape index (κ3) is 5.15. The molecule has 19 heavy (non-hydrogen) atoms. The molecular formula is C15H24F2N2. The van der Waals surface area contributed by atoms with Crippen molar-refractivity contribution in [3.63, 3.8) is 0 Å². The normalized spacial score (nSPS) is 12.7. The number of halogens is 2. The minimum Gasteiger partial charge on any atom is -0.369 e. The van der Waals surface area contributed by atoms with Crippen molar-refractivity contribution in [2.45, 2.75) is 39.2 Å². The van der Waals surface area contributed by atoms with Crippen molar-refractivity contribution < 1.29 is 8.78 Å². The maximum atomic E-state index is 12.3. The van der Waals surface area contributed by atoms with Crippen molar-refractivity contribution in [3.8, 4) is 0 Å². The van der Waals surface area contributed by atoms with Crippen molar-refractivity contribution in [1.82, 2.24) is 5.32 Å². The molecule has 0 fully saturated rings. The van der Waals surface area contributed by atoms with Crippen LogP contribution in [0.4, 0.5) is 14.5 Å². The van der Waals surface area contributed by atoms with E-state index >= 15 is 0 Å². The molecule has 108 valence electrons. The summed E-state index contributed by atoms with van der Waals surface area (Å²) < 4.78 is 24.6. The highest BCUT2D eigenvalue weighted by Gasteiger charge is 2.11. The summed E-state index contributed by atoms with van der Waals surface area (Å²) in [7, 11) is 1.69. The molecule has 0 aliphatic heterocycles. The van der Waals surface area contributed by atoms with E-state index in [1.54, 1.807) is 11.9 Å². The second kappa shape index (κ2) is 8.10. The molecule has 1 aromatic carbocycles. The molecule has 1 atom stereocenters. The predicted octanol–water partition coefficient (Wildman–Crippen LogP) is 3.84. The Labute approximate surface area is 114 Å². The maximum absolute atomic E-state index is 12.3. The van der Waals surface area contributed by atoms with Gasteiger partial charge in [0.1, 0.15) is 0 Å². The number of benzene rings is 1. The largest absolute Gasteiger partial charge is 0.369 e. The highest BCUT2D eigenvalue weighted by Crippen LogP contribution is 2.21. The van der Waals surface area contributed by atoms with Gasteiger partial charge >= 0.3 is 0 Å². The molecule has 0 amide bonds. The minimum atomic E-state index is -2.31. The van der Waals surface area contributed by atoms with Gasteiger partial charge in [0.05, 0.1) is 6.54 Å². The summed E-state index contributed by atoms with van der Waals surface area (Å²) in [5.74, 6) is 0. The van der Waals surface area contributed by atoms with Crippen LogP contribution >= 0.6 is 0 Å². The second-order valence-electron chi connectivity index (χ2n) is 4.78. The molecule has 2 nitrogen and oxygen atoms in total. The topological polar surface area (TPSA) is 15.3 Å². The van der Waals surface area contributed by atoms with Crippen molar-refractivity contribution >= 4 is 5.69 Å². The third-order valence-corrected chi connectivity index (χ3v) is 3.20. The Morgan fingerprint density at radius 1 is 1.16 bits per heavy atom. The van der Waals surface area contributed by atoms with E-state index in [4.69, 9.17) is 0 Å². The molecule has 0 spiro atoms. The number of hydrogen-bond acceptors (Lipinski definition) is 2. The van der Waals surface area contributed by atoms with Crippen LogP contribution in [0, 0.1) is 0 Å². The van der Waals surface area contributed by atoms with Gasteiger partial charge in [-0.25, -0.2) is 8.78 Å². The average molecular weight is 270 g/mol. The molecule has 0 bridgehead atoms. The standard InChI is InChI=1S/C15H24F2N2/c1-4-10-18-14(5-2)12-6-8-13(9-7-12)19(3)11-15(16)17/h6-9,14-15,18H,4-5,10-11H2,1-3H3. The number of hydrogen-bond donors (Lipinski definition) is 1. The summed E-state index contributed by atoms with van der Waals surface area (Å²) >= 11 is 0. The Bertz CT molecular complexity index is 352. The summed E-state index contributed by atoms with van der Waals surface area (Å²) in [6.45, 7) is 5.04. The SMILES string of the molecule is CCCNC(CC)c1ccc(N(C)CC(F)F)cc1. The van der Waals surface area contributed by atoms with E-state index in [0.717, 1.165) is 25.1 Å². The van der Waals surface area contributed by atoms with E-state index in [9.17, 15) is 8.78 Å². The average Bonchev–Trinajstić information content (AvgIpc) is 2.39. The van der Waals surface area contributed by atoms with E-state index in [0.29, 0.717) is 6.04 Å². The number of nitrogens with zero attached hydrogens (tertiary/aromatic N) is 1. The molecule has 1 aromatic rings. The molecule has 0 heterocycles. The van der Waals surface area contributed by atoms with E-state index < -0.39 is 6.43 Å². The van der Waals surface area contributed by atoms with Crippen LogP contribution in [0.15, 0.2) is 24.3 Å². The molecule has 1 unspecified atom stereocenters. The van der Waals surface area contributed by atoms with Gasteiger partial charge in [0.25, 0.3) is 6.43 Å². The van der Waals surface area contributed by atoms with Gasteiger partial charge in [-0.1, -0.05) is 26.0 Å². The van der Waals surface area contributed by atoms with Crippen molar-refractivity contribution in [2.24, 2.45) is 0 Å². The predicted molar refractivity (Wildman–Crippen MR) is 77.0 cm³/mol. The first-order valence-corrected chi connectivity index (χ1v) is 6.91. The summed E-state index contributed by atoms with van der Waals surface area (Å²) in [5.41, 5.74) is 2.04. The first kappa shape index (κ1) is 15.9. The Balaban J connectivity index is 2.68. The molecule has 4 heteroatoms. The number of nitrogens with one attached hydrogen (secondary N) is 1. The van der Waals surface area contributed by atoms with Crippen LogP contribution in [-0.4, -0.2) is 26.6 Å². The van der Waals surface area contributed by atoms with E-state index in [-0.39, 0.29) is 6.54 Å². The maximum Gasteiger partial charge on any atom is 0.255 e. The molecule has 0 saturated carbocycles. The smallest absolute Gasteiger partial charge is 0.255 e. The molecule has 0 aromatic heterocycles. The summed E-state index contributed by atoms with van der Waals surface area (Å²) in [6, 6.07) is 8.21. The molecular weight excluding hydrogens is 246 g/mol. The Hall–Kier alpha value is -1.16. The van der Waals surface area contributed by atoms with Crippen LogP contribution in [0.2, 0.25) is 0 Å². The summed E-state index contributed by atoms with van der Waals surface area (Å²) in [5, 5.41) is 3.48. The zero-order valence-corrected chi connectivity index (χ0v) is 12.0. The number of anilines is 1. The van der Waals surface area contributed by atoms with Gasteiger partial charge in [-0.2, -0.15) is 0 Å². The van der Waals surface area contributed by atoms with E-state index in [1.807, 2.05) is 24.3 Å². The van der Waals surface area contributed by atoms with Crippen LogP contribution in [0.5, 0.6) is 0 Å². The van der Waals surface area contributed by atoms with Crippen LogP contribution in [-0.2, 0) is 0 Å². The van der Waals surface area contributed by atoms with Crippen molar-refractivity contribution in [3.05, 3.63) is 29.8 Å². The van der Waals surface area contributed by atoms with Gasteiger partial charge in [-0.3, -0.25) is 0 Å². The monoisotopic (exact) mass is 270 g/mol. The molecule has 1 rings (SSSR count). The molecule has 0 saturated heterocycles. The fourth-order valence-corrected chi connectivity index (χ4v) is 2.09. The van der Waals surface area contributed by atoms with Gasteiger partial charge < -0.3 is 10.2 Å². The molecule has 1 N–H and O–H groups in total. The fraction of sp³-hybridized carbons (Fsp3) is 0.600. The lowest BCUT2D eigenvalue weighted by molar-refractivity contribution is 0.156. The third-order valence-electron chi connectivity index (χ3n) is 3.20. The number of rotatable bonds is 8. The Kier molecular flexibility index (Phi) is 6.78. The second-order valence-corrected chi connectivity index (χ2v) is 4.78. The van der Waals surface area contributed by atoms with Crippen LogP contribution in [0.1, 0.15) is 38.3 Å². The first-order chi connectivity index (χ1) is 9.08. The fourth-order valence-electron chi connectivity index (χ4n) is 2.09. The van der Waals surface area contributed by atoms with Crippen LogP contribution in [0.3, 0.4) is 0 Å². The minimum absolute atomic E-state index is 0.232. The summed E-state index contributed by atoms with van der Waals surface area (Å²) in [6.07, 6.45) is -0.183. The van der Waals surface area contributed by atoms with Crippen LogP contribution in [0.25, 0.3) is 0 Å². The lowest BCUT2D eigenvalue weighted by Gasteiger charge is -2.21. The van der Waals surface area contributed by atoms with Gasteiger partial charge in [-0.05, 0) is 37.1 Å². The van der Waals surface area contributed by atoms with Gasteiger partial charge in [0.2, 0.25) is 0 Å². The highest BCUT2D eigenvalue weighted by molar-refractivity contribution is 5.47. The highest BCUT2D eigenvalue weighted by atomic mass is 19.3. The number of alkyl halides is 2. The molecule has 0 aliphatic rings. The van der Waals surface area contributed by atoms with Gasteiger partial charge in [0, 0.05) is 18.8 Å². The van der Waals surface area contributed by atoms with Crippen LogP contribution < -0.4 is 10.2 Å². The van der Waals surface area contributed by atoms with Gasteiger partial charge in [0.15, 0.2) is 0 Å². The molecule has 0 aliphatic carbocycles. The lowest BCUT2D eigenvalue weighted by atomic mass is 10.0. The zero-order valence-electron chi connectivity index (χ0n) is 12.0.